The molecule has 0 saturated carbocycles. The molecule has 1 aliphatic heterocycles. The normalized spacial score (nSPS) is 15.4. The quantitative estimate of drug-likeness (QED) is 0.423. The van der Waals surface area contributed by atoms with Gasteiger partial charge in [0, 0.05) is 19.1 Å². The average Bonchev–Trinajstić information content (AvgIpc) is 3.37. The first-order valence-corrected chi connectivity index (χ1v) is 12.2. The van der Waals surface area contributed by atoms with Crippen LogP contribution in [-0.2, 0) is 4.74 Å². The van der Waals surface area contributed by atoms with E-state index in [9.17, 15) is 9.59 Å². The minimum Gasteiger partial charge on any atom is -0.444 e. The lowest BCUT2D eigenvalue weighted by atomic mass is 10.1. The van der Waals surface area contributed by atoms with Crippen LogP contribution >= 0.6 is 11.3 Å². The van der Waals surface area contributed by atoms with E-state index in [-0.39, 0.29) is 17.7 Å². The minimum atomic E-state index is -0.522. The predicted molar refractivity (Wildman–Crippen MR) is 131 cm³/mol. The first-order chi connectivity index (χ1) is 16.1. The Morgan fingerprint density at radius 3 is 2.62 bits per heavy atom. The van der Waals surface area contributed by atoms with Gasteiger partial charge in [-0.05, 0) is 65.2 Å². The third-order valence-corrected chi connectivity index (χ3v) is 7.09. The second kappa shape index (κ2) is 8.19. The smallest absolute Gasteiger partial charge is 0.410 e. The molecule has 1 fully saturated rings. The molecule has 0 unspecified atom stereocenters. The van der Waals surface area contributed by atoms with Crippen LogP contribution in [0.1, 0.15) is 50.9 Å². The summed E-state index contributed by atoms with van der Waals surface area (Å²) in [6.45, 7) is 10.6. The largest absolute Gasteiger partial charge is 0.444 e. The Bertz CT molecular complexity index is 1450. The van der Waals surface area contributed by atoms with Crippen molar-refractivity contribution in [2.45, 2.75) is 59.1 Å². The molecule has 4 aromatic heterocycles. The molecule has 1 saturated heterocycles. The molecule has 34 heavy (non-hydrogen) atoms. The summed E-state index contributed by atoms with van der Waals surface area (Å²) in [5.74, 6) is 0. The number of hydrogen-bond acceptors (Lipinski definition) is 7. The summed E-state index contributed by atoms with van der Waals surface area (Å²) in [6, 6.07) is 3.92. The van der Waals surface area contributed by atoms with Crippen LogP contribution in [0.25, 0.3) is 26.4 Å². The molecule has 0 N–H and O–H groups in total. The van der Waals surface area contributed by atoms with Crippen molar-refractivity contribution in [3.8, 4) is 10.6 Å². The van der Waals surface area contributed by atoms with Gasteiger partial charge in [0.2, 0.25) is 0 Å². The van der Waals surface area contributed by atoms with Gasteiger partial charge in [0.05, 0.1) is 28.6 Å². The van der Waals surface area contributed by atoms with Crippen LogP contribution in [0.5, 0.6) is 0 Å². The van der Waals surface area contributed by atoms with Gasteiger partial charge in [-0.1, -0.05) is 0 Å². The molecule has 0 aromatic carbocycles. The lowest BCUT2D eigenvalue weighted by Crippen LogP contribution is -2.43. The van der Waals surface area contributed by atoms with Crippen LogP contribution in [0.2, 0.25) is 0 Å². The van der Waals surface area contributed by atoms with Crippen LogP contribution in [0.3, 0.4) is 0 Å². The molecule has 0 atom stereocenters. The van der Waals surface area contributed by atoms with Crippen LogP contribution in [0.15, 0.2) is 29.5 Å². The number of carbonyl (C=O) groups is 1. The van der Waals surface area contributed by atoms with Crippen LogP contribution in [0, 0.1) is 13.8 Å². The van der Waals surface area contributed by atoms with Gasteiger partial charge in [-0.3, -0.25) is 9.36 Å². The van der Waals surface area contributed by atoms with Gasteiger partial charge >= 0.3 is 6.09 Å². The Balaban J connectivity index is 1.40. The molecule has 0 spiro atoms. The zero-order valence-corrected chi connectivity index (χ0v) is 20.8. The van der Waals surface area contributed by atoms with E-state index < -0.39 is 5.60 Å². The number of piperidine rings is 1. The minimum absolute atomic E-state index is 0.000666. The second-order valence-corrected chi connectivity index (χ2v) is 10.9. The molecule has 1 amide bonds. The molecular formula is C24H28N6O3S. The second-order valence-electron chi connectivity index (χ2n) is 9.84. The molecule has 10 heteroatoms. The van der Waals surface area contributed by atoms with E-state index in [0.717, 1.165) is 27.5 Å². The predicted octanol–water partition coefficient (Wildman–Crippen LogP) is 4.36. The first-order valence-electron chi connectivity index (χ1n) is 11.4. The summed E-state index contributed by atoms with van der Waals surface area (Å²) in [6.07, 6.45) is 4.59. The van der Waals surface area contributed by atoms with Gasteiger partial charge in [-0.25, -0.2) is 19.3 Å². The molecule has 9 nitrogen and oxygen atoms in total. The Kier molecular flexibility index (Phi) is 5.43. The van der Waals surface area contributed by atoms with E-state index in [1.54, 1.807) is 20.3 Å². The van der Waals surface area contributed by atoms with Gasteiger partial charge in [0.15, 0.2) is 5.65 Å². The van der Waals surface area contributed by atoms with Crippen molar-refractivity contribution in [1.82, 2.24) is 29.0 Å². The molecule has 0 aliphatic carbocycles. The summed E-state index contributed by atoms with van der Waals surface area (Å²) in [5, 5.41) is 4.69. The Hall–Kier alpha value is -3.27. The highest BCUT2D eigenvalue weighted by Gasteiger charge is 2.28. The summed E-state index contributed by atoms with van der Waals surface area (Å²) < 4.78 is 9.60. The molecule has 178 valence electrons. The summed E-state index contributed by atoms with van der Waals surface area (Å²) >= 11 is 1.41. The molecule has 5 rings (SSSR count). The number of fused-ring (bicyclic) bond motifs is 2. The number of aromatic nitrogens is 5. The van der Waals surface area contributed by atoms with E-state index in [2.05, 4.69) is 9.97 Å². The number of thiophene rings is 1. The molecular weight excluding hydrogens is 452 g/mol. The van der Waals surface area contributed by atoms with Crippen molar-refractivity contribution in [1.29, 1.82) is 0 Å². The third-order valence-electron chi connectivity index (χ3n) is 5.95. The summed E-state index contributed by atoms with van der Waals surface area (Å²) in [7, 11) is 0. The number of amides is 1. The maximum atomic E-state index is 13.4. The number of imidazole rings is 1. The number of carbonyl (C=O) groups excluding carboxylic acids is 1. The Morgan fingerprint density at radius 2 is 1.91 bits per heavy atom. The van der Waals surface area contributed by atoms with Crippen molar-refractivity contribution in [3.63, 3.8) is 0 Å². The highest BCUT2D eigenvalue weighted by molar-refractivity contribution is 7.22. The van der Waals surface area contributed by atoms with Crippen molar-refractivity contribution < 1.29 is 9.53 Å². The maximum Gasteiger partial charge on any atom is 0.410 e. The zero-order chi connectivity index (χ0) is 24.2. The zero-order valence-electron chi connectivity index (χ0n) is 20.0. The lowest BCUT2D eigenvalue weighted by molar-refractivity contribution is 0.0187. The molecule has 4 aromatic rings. The lowest BCUT2D eigenvalue weighted by Gasteiger charge is -2.33. The van der Waals surface area contributed by atoms with E-state index in [1.807, 2.05) is 52.9 Å². The number of ether oxygens (including phenoxy) is 1. The van der Waals surface area contributed by atoms with Gasteiger partial charge < -0.3 is 9.64 Å². The van der Waals surface area contributed by atoms with Crippen molar-refractivity contribution in [2.24, 2.45) is 0 Å². The number of rotatable bonds is 2. The Labute approximate surface area is 201 Å². The van der Waals surface area contributed by atoms with Crippen LogP contribution in [0.4, 0.5) is 4.79 Å². The number of aryl methyl sites for hydroxylation is 2. The highest BCUT2D eigenvalue weighted by atomic mass is 32.1. The van der Waals surface area contributed by atoms with Crippen molar-refractivity contribution in [3.05, 3.63) is 46.3 Å². The third kappa shape index (κ3) is 4.18. The van der Waals surface area contributed by atoms with Crippen molar-refractivity contribution >= 4 is 33.3 Å². The standard InChI is InChI=1S/C24H28N6O3S/c1-14-10-17(27-30-12-15(2)26-21(14)30)19-11-18-20(34-19)22(31)29(13-25-18)16-6-8-28(9-7-16)23(32)33-24(3,4)5/h10-13,16H,6-9H2,1-5H3. The van der Waals surface area contributed by atoms with Gasteiger partial charge in [0.1, 0.15) is 16.0 Å². The van der Waals surface area contributed by atoms with Gasteiger partial charge in [-0.15, -0.1) is 11.3 Å². The van der Waals surface area contributed by atoms with Crippen LogP contribution in [-0.4, -0.2) is 53.8 Å². The van der Waals surface area contributed by atoms with Crippen LogP contribution < -0.4 is 5.56 Å². The monoisotopic (exact) mass is 480 g/mol. The highest BCUT2D eigenvalue weighted by Crippen LogP contribution is 2.31. The average molecular weight is 481 g/mol. The number of nitrogens with zero attached hydrogens (tertiary/aromatic N) is 6. The first kappa shape index (κ1) is 22.5. The number of hydrogen-bond donors (Lipinski definition) is 0. The molecule has 0 bridgehead atoms. The van der Waals surface area contributed by atoms with Crippen molar-refractivity contribution in [2.75, 3.05) is 13.1 Å². The van der Waals surface area contributed by atoms with E-state index in [4.69, 9.17) is 9.84 Å². The summed E-state index contributed by atoms with van der Waals surface area (Å²) in [4.78, 5) is 37.4. The fraction of sp³-hybridized carbons (Fsp3) is 0.458. The SMILES string of the molecule is Cc1cn2nc(-c3cc4ncn(C5CCN(C(=O)OC(C)(C)C)CC5)c(=O)c4s3)cc(C)c2n1. The molecule has 1 aliphatic rings. The van der Waals surface area contributed by atoms with Gasteiger partial charge in [0.25, 0.3) is 5.56 Å². The van der Waals surface area contributed by atoms with Gasteiger partial charge in [-0.2, -0.15) is 5.10 Å². The summed E-state index contributed by atoms with van der Waals surface area (Å²) in [5.41, 5.74) is 3.67. The van der Waals surface area contributed by atoms with E-state index in [0.29, 0.717) is 36.1 Å². The fourth-order valence-electron chi connectivity index (χ4n) is 4.33. The Morgan fingerprint density at radius 1 is 1.18 bits per heavy atom. The van der Waals surface area contributed by atoms with E-state index in [1.165, 1.54) is 11.3 Å². The molecule has 5 heterocycles. The number of likely N-dealkylation sites (tertiary alicyclic amines) is 1. The molecule has 0 radical (unpaired) electrons. The topological polar surface area (TPSA) is 94.6 Å². The fourth-order valence-corrected chi connectivity index (χ4v) is 5.33. The van der Waals surface area contributed by atoms with E-state index >= 15 is 0 Å². The maximum absolute atomic E-state index is 13.4.